The minimum atomic E-state index is -0.774. The SMILES string of the molecule is O=C1C(=O)N(Cc2cccnc2)[C@@H](c2ccccc2)/C1=C(\O)c1ccc(F)cc1. The average Bonchev–Trinajstić information content (AvgIpc) is 3.00. The molecule has 2 heterocycles. The normalized spacial score (nSPS) is 18.2. The molecule has 1 fully saturated rings. The van der Waals surface area contributed by atoms with Crippen LogP contribution in [0.15, 0.2) is 84.7 Å². The predicted octanol–water partition coefficient (Wildman–Crippen LogP) is 3.84. The fraction of sp³-hybridized carbons (Fsp3) is 0.0870. The molecule has 4 rings (SSSR count). The molecule has 0 spiro atoms. The maximum absolute atomic E-state index is 13.3. The Morgan fingerprint density at radius 2 is 1.72 bits per heavy atom. The summed E-state index contributed by atoms with van der Waals surface area (Å²) in [7, 11) is 0. The Bertz CT molecular complexity index is 1080. The van der Waals surface area contributed by atoms with Crippen molar-refractivity contribution < 1.29 is 19.1 Å². The minimum absolute atomic E-state index is 0.0169. The molecule has 1 aliphatic rings. The van der Waals surface area contributed by atoms with Crippen LogP contribution in [0.5, 0.6) is 0 Å². The molecule has 0 unspecified atom stereocenters. The first-order valence-corrected chi connectivity index (χ1v) is 9.04. The summed E-state index contributed by atoms with van der Waals surface area (Å²) in [5, 5.41) is 10.9. The zero-order valence-electron chi connectivity index (χ0n) is 15.3. The number of likely N-dealkylation sites (tertiary alicyclic amines) is 1. The lowest BCUT2D eigenvalue weighted by atomic mass is 9.95. The molecule has 5 nitrogen and oxygen atoms in total. The maximum atomic E-state index is 13.3. The molecule has 0 bridgehead atoms. The van der Waals surface area contributed by atoms with Gasteiger partial charge in [-0.1, -0.05) is 36.4 Å². The van der Waals surface area contributed by atoms with Crippen molar-refractivity contribution in [2.75, 3.05) is 0 Å². The summed E-state index contributed by atoms with van der Waals surface area (Å²) >= 11 is 0. The van der Waals surface area contributed by atoms with Gasteiger partial charge in [0.2, 0.25) is 0 Å². The van der Waals surface area contributed by atoms with Gasteiger partial charge in [-0.05, 0) is 41.5 Å². The van der Waals surface area contributed by atoms with E-state index in [4.69, 9.17) is 0 Å². The third-order valence-corrected chi connectivity index (χ3v) is 4.85. The number of hydrogen-bond acceptors (Lipinski definition) is 4. The third kappa shape index (κ3) is 3.52. The van der Waals surface area contributed by atoms with Gasteiger partial charge in [-0.3, -0.25) is 14.6 Å². The molecule has 1 N–H and O–H groups in total. The van der Waals surface area contributed by atoms with E-state index < -0.39 is 23.5 Å². The number of halogens is 1. The van der Waals surface area contributed by atoms with Gasteiger partial charge in [0.05, 0.1) is 11.6 Å². The number of aliphatic hydroxyl groups excluding tert-OH is 1. The van der Waals surface area contributed by atoms with Crippen LogP contribution in [0.3, 0.4) is 0 Å². The highest BCUT2D eigenvalue weighted by Gasteiger charge is 2.46. The summed E-state index contributed by atoms with van der Waals surface area (Å²) in [6.07, 6.45) is 3.25. The topological polar surface area (TPSA) is 70.5 Å². The first-order chi connectivity index (χ1) is 14.1. The quantitative estimate of drug-likeness (QED) is 0.419. The zero-order valence-corrected chi connectivity index (χ0v) is 15.3. The molecule has 0 saturated carbocycles. The average molecular weight is 388 g/mol. The lowest BCUT2D eigenvalue weighted by Crippen LogP contribution is -2.29. The second kappa shape index (κ2) is 7.67. The Balaban J connectivity index is 1.85. The molecule has 1 aromatic heterocycles. The Kier molecular flexibility index (Phi) is 4.91. The van der Waals surface area contributed by atoms with E-state index in [9.17, 15) is 19.1 Å². The number of rotatable bonds is 4. The number of carbonyl (C=O) groups is 2. The van der Waals surface area contributed by atoms with Gasteiger partial charge in [0, 0.05) is 24.5 Å². The van der Waals surface area contributed by atoms with Crippen molar-refractivity contribution >= 4 is 17.4 Å². The van der Waals surface area contributed by atoms with Crippen molar-refractivity contribution in [3.63, 3.8) is 0 Å². The molecule has 3 aromatic rings. The molecule has 6 heteroatoms. The molecular formula is C23H17FN2O3. The molecule has 1 amide bonds. The summed E-state index contributed by atoms with van der Waals surface area (Å²) in [5.41, 5.74) is 1.71. The van der Waals surface area contributed by atoms with Crippen LogP contribution >= 0.6 is 0 Å². The number of amides is 1. The van der Waals surface area contributed by atoms with E-state index in [0.717, 1.165) is 5.56 Å². The fourth-order valence-corrected chi connectivity index (χ4v) is 3.48. The van der Waals surface area contributed by atoms with Crippen LogP contribution < -0.4 is 0 Å². The summed E-state index contributed by atoms with van der Waals surface area (Å²) < 4.78 is 13.3. The van der Waals surface area contributed by atoms with Crippen LogP contribution in [0.4, 0.5) is 4.39 Å². The van der Waals surface area contributed by atoms with Gasteiger partial charge in [0.1, 0.15) is 11.6 Å². The first-order valence-electron chi connectivity index (χ1n) is 9.04. The lowest BCUT2D eigenvalue weighted by molar-refractivity contribution is -0.140. The molecule has 29 heavy (non-hydrogen) atoms. The number of aliphatic hydroxyl groups is 1. The number of hydrogen-bond donors (Lipinski definition) is 1. The van der Waals surface area contributed by atoms with Crippen LogP contribution in [-0.2, 0) is 16.1 Å². The van der Waals surface area contributed by atoms with Crippen molar-refractivity contribution in [3.05, 3.63) is 107 Å². The molecule has 1 aliphatic heterocycles. The van der Waals surface area contributed by atoms with Crippen molar-refractivity contribution in [1.82, 2.24) is 9.88 Å². The van der Waals surface area contributed by atoms with Crippen LogP contribution in [0.1, 0.15) is 22.7 Å². The summed E-state index contributed by atoms with van der Waals surface area (Å²) in [6.45, 7) is 0.165. The molecule has 2 aromatic carbocycles. The van der Waals surface area contributed by atoms with E-state index in [1.54, 1.807) is 42.7 Å². The molecule has 1 saturated heterocycles. The van der Waals surface area contributed by atoms with Gasteiger partial charge in [-0.15, -0.1) is 0 Å². The van der Waals surface area contributed by atoms with Gasteiger partial charge >= 0.3 is 0 Å². The van der Waals surface area contributed by atoms with Gasteiger partial charge in [0.25, 0.3) is 11.7 Å². The zero-order chi connectivity index (χ0) is 20.4. The Labute approximate surface area is 166 Å². The van der Waals surface area contributed by atoms with Gasteiger partial charge < -0.3 is 10.0 Å². The molecular weight excluding hydrogens is 371 g/mol. The number of aromatic nitrogens is 1. The summed E-state index contributed by atoms with van der Waals surface area (Å²) in [6, 6.07) is 17.0. The Morgan fingerprint density at radius 3 is 2.38 bits per heavy atom. The second-order valence-electron chi connectivity index (χ2n) is 6.71. The van der Waals surface area contributed by atoms with Crippen molar-refractivity contribution in [2.45, 2.75) is 12.6 Å². The number of Topliss-reactive ketones (excluding diaryl/α,β-unsaturated/α-hetero) is 1. The monoisotopic (exact) mass is 388 g/mol. The smallest absolute Gasteiger partial charge is 0.295 e. The third-order valence-electron chi connectivity index (χ3n) is 4.85. The van der Waals surface area contributed by atoms with Gasteiger partial charge in [-0.25, -0.2) is 4.39 Å². The molecule has 0 radical (unpaired) electrons. The van der Waals surface area contributed by atoms with Crippen molar-refractivity contribution in [2.24, 2.45) is 0 Å². The molecule has 0 aliphatic carbocycles. The number of carbonyl (C=O) groups excluding carboxylic acids is 2. The van der Waals surface area contributed by atoms with Crippen molar-refractivity contribution in [3.8, 4) is 0 Å². The Hall–Kier alpha value is -3.80. The van der Waals surface area contributed by atoms with Gasteiger partial charge in [-0.2, -0.15) is 0 Å². The fourth-order valence-electron chi connectivity index (χ4n) is 3.48. The number of benzene rings is 2. The van der Waals surface area contributed by atoms with Crippen LogP contribution in [0, 0.1) is 5.82 Å². The van der Waals surface area contributed by atoms with Crippen LogP contribution in [0.2, 0.25) is 0 Å². The predicted molar refractivity (Wildman–Crippen MR) is 105 cm³/mol. The number of nitrogens with zero attached hydrogens (tertiary/aromatic N) is 2. The number of ketones is 1. The van der Waals surface area contributed by atoms with E-state index in [1.165, 1.54) is 29.2 Å². The van der Waals surface area contributed by atoms with Crippen LogP contribution in [0.25, 0.3) is 5.76 Å². The number of pyridine rings is 1. The first kappa shape index (κ1) is 18.6. The van der Waals surface area contributed by atoms with E-state index in [0.29, 0.717) is 5.56 Å². The van der Waals surface area contributed by atoms with E-state index >= 15 is 0 Å². The van der Waals surface area contributed by atoms with E-state index in [1.807, 2.05) is 12.1 Å². The molecule has 1 atom stereocenters. The largest absolute Gasteiger partial charge is 0.507 e. The summed E-state index contributed by atoms with van der Waals surface area (Å²) in [4.78, 5) is 31.2. The molecule has 144 valence electrons. The minimum Gasteiger partial charge on any atom is -0.507 e. The second-order valence-corrected chi connectivity index (χ2v) is 6.71. The van der Waals surface area contributed by atoms with Gasteiger partial charge in [0.15, 0.2) is 0 Å². The van der Waals surface area contributed by atoms with Crippen LogP contribution in [-0.4, -0.2) is 26.7 Å². The van der Waals surface area contributed by atoms with Crippen molar-refractivity contribution in [1.29, 1.82) is 0 Å². The highest BCUT2D eigenvalue weighted by Crippen LogP contribution is 2.40. The highest BCUT2D eigenvalue weighted by molar-refractivity contribution is 6.46. The van der Waals surface area contributed by atoms with E-state index in [2.05, 4.69) is 4.98 Å². The summed E-state index contributed by atoms with van der Waals surface area (Å²) in [5.74, 6) is -2.26. The van der Waals surface area contributed by atoms with E-state index in [-0.39, 0.29) is 23.4 Å². The maximum Gasteiger partial charge on any atom is 0.295 e. The Morgan fingerprint density at radius 1 is 1.00 bits per heavy atom. The highest BCUT2D eigenvalue weighted by atomic mass is 19.1. The standard InChI is InChI=1S/C23H17FN2O3/c24-18-10-8-17(9-11-18)21(27)19-20(16-6-2-1-3-7-16)26(23(29)22(19)28)14-15-5-4-12-25-13-15/h1-13,20,27H,14H2/b21-19+/t20-/m0/s1. The lowest BCUT2D eigenvalue weighted by Gasteiger charge is -2.25.